The van der Waals surface area contributed by atoms with Crippen LogP contribution in [0.2, 0.25) is 0 Å². The number of hydrogen-bond acceptors (Lipinski definition) is 3. The van der Waals surface area contributed by atoms with Crippen LogP contribution >= 0.6 is 0 Å². The average molecular weight is 289 g/mol. The highest BCUT2D eigenvalue weighted by atomic mass is 32.2. The van der Waals surface area contributed by atoms with E-state index < -0.39 is 10.8 Å². The fourth-order valence-corrected chi connectivity index (χ4v) is 3.27. The van der Waals surface area contributed by atoms with Crippen molar-refractivity contribution in [2.24, 2.45) is 5.73 Å². The van der Waals surface area contributed by atoms with E-state index in [4.69, 9.17) is 10.5 Å². The minimum Gasteiger partial charge on any atom is -0.497 e. The molecule has 1 atom stereocenters. The molecule has 2 aromatic rings. The standard InChI is InChI=1S/C16H19NO2S/c1-12-8-13(10-17)6-7-14(12)11-20(18)16-5-3-4-15(9-16)19-2/h3-9H,10-11,17H2,1-2H3. The van der Waals surface area contributed by atoms with E-state index in [0.717, 1.165) is 27.3 Å². The number of ether oxygens (including phenoxy) is 1. The molecule has 2 aromatic carbocycles. The van der Waals surface area contributed by atoms with Gasteiger partial charge in [-0.25, -0.2) is 0 Å². The molecule has 0 aliphatic rings. The van der Waals surface area contributed by atoms with Crippen LogP contribution in [0, 0.1) is 6.92 Å². The smallest absolute Gasteiger partial charge is 0.120 e. The zero-order valence-electron chi connectivity index (χ0n) is 11.8. The lowest BCUT2D eigenvalue weighted by atomic mass is 10.1. The van der Waals surface area contributed by atoms with Gasteiger partial charge in [-0.15, -0.1) is 0 Å². The van der Waals surface area contributed by atoms with E-state index in [0.29, 0.717) is 12.3 Å². The Balaban J connectivity index is 2.18. The van der Waals surface area contributed by atoms with Crippen LogP contribution in [0.25, 0.3) is 0 Å². The fourth-order valence-electron chi connectivity index (χ4n) is 2.01. The summed E-state index contributed by atoms with van der Waals surface area (Å²) in [6.07, 6.45) is 0. The Hall–Kier alpha value is -1.65. The third-order valence-corrected chi connectivity index (χ3v) is 4.59. The maximum absolute atomic E-state index is 12.4. The number of nitrogens with two attached hydrogens (primary N) is 1. The highest BCUT2D eigenvalue weighted by Gasteiger charge is 2.08. The van der Waals surface area contributed by atoms with Crippen LogP contribution in [-0.2, 0) is 23.1 Å². The van der Waals surface area contributed by atoms with Crippen LogP contribution in [0.3, 0.4) is 0 Å². The lowest BCUT2D eigenvalue weighted by Gasteiger charge is -2.09. The summed E-state index contributed by atoms with van der Waals surface area (Å²) < 4.78 is 17.6. The molecule has 106 valence electrons. The number of rotatable bonds is 5. The minimum atomic E-state index is -1.08. The average Bonchev–Trinajstić information content (AvgIpc) is 2.49. The van der Waals surface area contributed by atoms with E-state index in [-0.39, 0.29) is 0 Å². The van der Waals surface area contributed by atoms with Gasteiger partial charge in [-0.2, -0.15) is 0 Å². The highest BCUT2D eigenvalue weighted by molar-refractivity contribution is 7.84. The van der Waals surface area contributed by atoms with E-state index >= 15 is 0 Å². The third-order valence-electron chi connectivity index (χ3n) is 3.23. The van der Waals surface area contributed by atoms with Gasteiger partial charge in [-0.1, -0.05) is 24.3 Å². The van der Waals surface area contributed by atoms with Crippen LogP contribution < -0.4 is 10.5 Å². The topological polar surface area (TPSA) is 52.3 Å². The van der Waals surface area contributed by atoms with Crippen LogP contribution in [0.1, 0.15) is 16.7 Å². The van der Waals surface area contributed by atoms with E-state index in [1.54, 1.807) is 7.11 Å². The molecule has 0 aliphatic carbocycles. The maximum atomic E-state index is 12.4. The lowest BCUT2D eigenvalue weighted by Crippen LogP contribution is -2.01. The molecule has 0 saturated heterocycles. The van der Waals surface area contributed by atoms with Gasteiger partial charge < -0.3 is 10.5 Å². The van der Waals surface area contributed by atoms with Gasteiger partial charge >= 0.3 is 0 Å². The molecule has 0 heterocycles. The summed E-state index contributed by atoms with van der Waals surface area (Å²) in [5, 5.41) is 0. The molecule has 0 aliphatic heterocycles. The molecule has 0 aromatic heterocycles. The number of hydrogen-bond donors (Lipinski definition) is 1. The molecule has 0 bridgehead atoms. The first-order chi connectivity index (χ1) is 9.63. The number of methoxy groups -OCH3 is 1. The summed E-state index contributed by atoms with van der Waals surface area (Å²) in [5.74, 6) is 1.23. The van der Waals surface area contributed by atoms with Gasteiger partial charge in [-0.05, 0) is 41.8 Å². The maximum Gasteiger partial charge on any atom is 0.120 e. The predicted octanol–water partition coefficient (Wildman–Crippen LogP) is 2.77. The normalized spacial score (nSPS) is 12.2. The van der Waals surface area contributed by atoms with Gasteiger partial charge in [0.1, 0.15) is 5.75 Å². The summed E-state index contributed by atoms with van der Waals surface area (Å²) in [6, 6.07) is 13.4. The van der Waals surface area contributed by atoms with Crippen molar-refractivity contribution in [3.63, 3.8) is 0 Å². The highest BCUT2D eigenvalue weighted by Crippen LogP contribution is 2.20. The summed E-state index contributed by atoms with van der Waals surface area (Å²) in [6.45, 7) is 2.55. The van der Waals surface area contributed by atoms with Crippen molar-refractivity contribution in [1.82, 2.24) is 0 Å². The van der Waals surface area contributed by atoms with Gasteiger partial charge in [0.2, 0.25) is 0 Å². The van der Waals surface area contributed by atoms with Crippen LogP contribution in [0.5, 0.6) is 5.75 Å². The van der Waals surface area contributed by atoms with Gasteiger partial charge in [0.25, 0.3) is 0 Å². The Kier molecular flexibility index (Phi) is 4.93. The second-order valence-electron chi connectivity index (χ2n) is 4.63. The Morgan fingerprint density at radius 3 is 2.65 bits per heavy atom. The zero-order valence-corrected chi connectivity index (χ0v) is 12.6. The monoisotopic (exact) mass is 289 g/mol. The minimum absolute atomic E-state index is 0.504. The Labute approximate surface area is 122 Å². The number of aryl methyl sites for hydroxylation is 1. The SMILES string of the molecule is COc1cccc(S(=O)Cc2ccc(CN)cc2C)c1. The predicted molar refractivity (Wildman–Crippen MR) is 82.2 cm³/mol. The molecular weight excluding hydrogens is 270 g/mol. The zero-order chi connectivity index (χ0) is 14.5. The summed E-state index contributed by atoms with van der Waals surface area (Å²) in [5.41, 5.74) is 8.93. The van der Waals surface area contributed by atoms with E-state index in [1.807, 2.05) is 43.3 Å². The summed E-state index contributed by atoms with van der Waals surface area (Å²) >= 11 is 0. The second-order valence-corrected chi connectivity index (χ2v) is 6.08. The summed E-state index contributed by atoms with van der Waals surface area (Å²) in [7, 11) is 0.532. The molecule has 0 spiro atoms. The third kappa shape index (κ3) is 3.46. The Bertz CT molecular complexity index is 626. The molecule has 0 radical (unpaired) electrons. The molecule has 0 fully saturated rings. The van der Waals surface area contributed by atoms with Gasteiger partial charge in [-0.3, -0.25) is 4.21 Å². The largest absolute Gasteiger partial charge is 0.497 e. The van der Waals surface area contributed by atoms with Crippen LogP contribution in [0.15, 0.2) is 47.4 Å². The van der Waals surface area contributed by atoms with E-state index in [2.05, 4.69) is 6.07 Å². The molecule has 0 amide bonds. The Morgan fingerprint density at radius 2 is 2.00 bits per heavy atom. The van der Waals surface area contributed by atoms with Crippen molar-refractivity contribution in [2.45, 2.75) is 24.1 Å². The first kappa shape index (κ1) is 14.8. The second kappa shape index (κ2) is 6.68. The van der Waals surface area contributed by atoms with Gasteiger partial charge in [0.15, 0.2) is 0 Å². The molecule has 0 saturated carbocycles. The van der Waals surface area contributed by atoms with Gasteiger partial charge in [0, 0.05) is 11.4 Å². The fraction of sp³-hybridized carbons (Fsp3) is 0.250. The molecular formula is C16H19NO2S. The van der Waals surface area contributed by atoms with Crippen molar-refractivity contribution in [3.05, 3.63) is 59.2 Å². The molecule has 1 unspecified atom stereocenters. The van der Waals surface area contributed by atoms with Crippen molar-refractivity contribution in [2.75, 3.05) is 7.11 Å². The van der Waals surface area contributed by atoms with Crippen molar-refractivity contribution < 1.29 is 8.95 Å². The van der Waals surface area contributed by atoms with Gasteiger partial charge in [0.05, 0.1) is 23.7 Å². The molecule has 4 heteroatoms. The number of benzene rings is 2. The molecule has 2 N–H and O–H groups in total. The van der Waals surface area contributed by atoms with E-state index in [1.165, 1.54) is 0 Å². The van der Waals surface area contributed by atoms with E-state index in [9.17, 15) is 4.21 Å². The quantitative estimate of drug-likeness (QED) is 0.921. The lowest BCUT2D eigenvalue weighted by molar-refractivity contribution is 0.413. The summed E-state index contributed by atoms with van der Waals surface area (Å²) in [4.78, 5) is 0.784. The van der Waals surface area contributed by atoms with Crippen molar-refractivity contribution in [3.8, 4) is 5.75 Å². The molecule has 3 nitrogen and oxygen atoms in total. The molecule has 20 heavy (non-hydrogen) atoms. The van der Waals surface area contributed by atoms with Crippen molar-refractivity contribution in [1.29, 1.82) is 0 Å². The van der Waals surface area contributed by atoms with Crippen molar-refractivity contribution >= 4 is 10.8 Å². The molecule has 2 rings (SSSR count). The first-order valence-electron chi connectivity index (χ1n) is 6.45. The van der Waals surface area contributed by atoms with Crippen LogP contribution in [-0.4, -0.2) is 11.3 Å². The first-order valence-corrected chi connectivity index (χ1v) is 7.77. The van der Waals surface area contributed by atoms with Crippen LogP contribution in [0.4, 0.5) is 0 Å². The Morgan fingerprint density at radius 1 is 1.20 bits per heavy atom.